The largest absolute Gasteiger partial charge is 0.494 e. The molecule has 0 atom stereocenters. The minimum atomic E-state index is 0.0869. The van der Waals surface area contributed by atoms with Crippen LogP contribution in [0.1, 0.15) is 28.8 Å². The number of likely N-dealkylation sites (N-methyl/N-ethyl adjacent to an activating group) is 1. The van der Waals surface area contributed by atoms with Crippen LogP contribution in [0.5, 0.6) is 5.75 Å². The van der Waals surface area contributed by atoms with Crippen LogP contribution in [0.4, 0.5) is 0 Å². The van der Waals surface area contributed by atoms with Crippen molar-refractivity contribution < 1.29 is 13.9 Å². The summed E-state index contributed by atoms with van der Waals surface area (Å²) in [6.45, 7) is 5.45. The van der Waals surface area contributed by atoms with Crippen LogP contribution < -0.4 is 4.74 Å². The van der Waals surface area contributed by atoms with Gasteiger partial charge in [0.15, 0.2) is 5.78 Å². The molecule has 0 N–H and O–H groups in total. The average molecular weight is 287 g/mol. The monoisotopic (exact) mass is 287 g/mol. The number of rotatable bonds is 7. The van der Waals surface area contributed by atoms with E-state index in [0.717, 1.165) is 17.3 Å². The zero-order chi connectivity index (χ0) is 15.2. The van der Waals surface area contributed by atoms with Gasteiger partial charge in [-0.25, -0.2) is 0 Å². The molecule has 0 aliphatic heterocycles. The van der Waals surface area contributed by atoms with E-state index >= 15 is 0 Å². The van der Waals surface area contributed by atoms with E-state index in [0.29, 0.717) is 25.3 Å². The molecular formula is C17H21NO3. The van der Waals surface area contributed by atoms with E-state index < -0.39 is 0 Å². The highest BCUT2D eigenvalue weighted by molar-refractivity contribution is 5.97. The van der Waals surface area contributed by atoms with Crippen molar-refractivity contribution in [2.45, 2.75) is 20.4 Å². The summed E-state index contributed by atoms with van der Waals surface area (Å²) < 4.78 is 10.9. The quantitative estimate of drug-likeness (QED) is 0.733. The number of nitrogens with zero attached hydrogens (tertiary/aromatic N) is 1. The fourth-order valence-electron chi connectivity index (χ4n) is 2.13. The molecule has 2 rings (SSSR count). The molecule has 0 bridgehead atoms. The van der Waals surface area contributed by atoms with Gasteiger partial charge in [0.1, 0.15) is 17.3 Å². The maximum atomic E-state index is 12.2. The molecule has 1 aromatic heterocycles. The number of ketones is 1. The summed E-state index contributed by atoms with van der Waals surface area (Å²) in [7, 11) is 1.91. The van der Waals surface area contributed by atoms with Crippen molar-refractivity contribution in [1.82, 2.24) is 4.90 Å². The van der Waals surface area contributed by atoms with Gasteiger partial charge in [-0.15, -0.1) is 0 Å². The molecule has 0 unspecified atom stereocenters. The second kappa shape index (κ2) is 7.09. The first-order valence-corrected chi connectivity index (χ1v) is 7.08. The molecule has 4 heteroatoms. The van der Waals surface area contributed by atoms with Crippen molar-refractivity contribution in [1.29, 1.82) is 0 Å². The van der Waals surface area contributed by atoms with Crippen molar-refractivity contribution in [2.75, 3.05) is 20.2 Å². The van der Waals surface area contributed by atoms with E-state index in [-0.39, 0.29) is 5.78 Å². The van der Waals surface area contributed by atoms with Crippen LogP contribution in [-0.2, 0) is 6.54 Å². The number of hydrogen-bond acceptors (Lipinski definition) is 4. The Labute approximate surface area is 125 Å². The van der Waals surface area contributed by atoms with Gasteiger partial charge < -0.3 is 9.15 Å². The Bertz CT molecular complexity index is 586. The Balaban J connectivity index is 1.90. The molecule has 0 saturated carbocycles. The number of furan rings is 1. The normalized spacial score (nSPS) is 10.9. The van der Waals surface area contributed by atoms with Gasteiger partial charge in [-0.3, -0.25) is 9.69 Å². The Kier molecular flexibility index (Phi) is 5.17. The minimum Gasteiger partial charge on any atom is -0.494 e. The van der Waals surface area contributed by atoms with Crippen LogP contribution in [0.15, 0.2) is 40.8 Å². The first-order valence-electron chi connectivity index (χ1n) is 7.08. The molecule has 1 heterocycles. The zero-order valence-electron chi connectivity index (χ0n) is 12.8. The van der Waals surface area contributed by atoms with Gasteiger partial charge in [-0.05, 0) is 57.3 Å². The predicted molar refractivity (Wildman–Crippen MR) is 81.7 cm³/mol. The van der Waals surface area contributed by atoms with Crippen LogP contribution in [0.3, 0.4) is 0 Å². The highest BCUT2D eigenvalue weighted by Gasteiger charge is 2.11. The summed E-state index contributed by atoms with van der Waals surface area (Å²) in [4.78, 5) is 14.1. The summed E-state index contributed by atoms with van der Waals surface area (Å²) in [5.41, 5.74) is 0.695. The fraction of sp³-hybridized carbons (Fsp3) is 0.353. The highest BCUT2D eigenvalue weighted by atomic mass is 16.5. The van der Waals surface area contributed by atoms with Crippen molar-refractivity contribution in [3.8, 4) is 5.75 Å². The zero-order valence-corrected chi connectivity index (χ0v) is 12.8. The number of aryl methyl sites for hydroxylation is 1. The van der Waals surface area contributed by atoms with Gasteiger partial charge in [-0.1, -0.05) is 0 Å². The lowest BCUT2D eigenvalue weighted by Crippen LogP contribution is -2.25. The van der Waals surface area contributed by atoms with Gasteiger partial charge in [0, 0.05) is 5.56 Å². The Morgan fingerprint density at radius 3 is 2.48 bits per heavy atom. The molecule has 0 spiro atoms. The van der Waals surface area contributed by atoms with Crippen LogP contribution in [-0.4, -0.2) is 30.9 Å². The number of benzene rings is 1. The standard InChI is InChI=1S/C17H21NO3/c1-4-20-15-9-6-14(7-10-15)17(19)12-18(3)11-16-8-5-13(2)21-16/h5-10H,4,11-12H2,1-3H3. The van der Waals surface area contributed by atoms with Crippen molar-refractivity contribution in [3.05, 3.63) is 53.5 Å². The van der Waals surface area contributed by atoms with E-state index in [1.54, 1.807) is 12.1 Å². The predicted octanol–water partition coefficient (Wildman–Crippen LogP) is 3.30. The molecule has 0 fully saturated rings. The summed E-state index contributed by atoms with van der Waals surface area (Å²) in [5, 5.41) is 0. The minimum absolute atomic E-state index is 0.0869. The van der Waals surface area contributed by atoms with Gasteiger partial charge in [0.2, 0.25) is 0 Å². The van der Waals surface area contributed by atoms with Crippen LogP contribution in [0, 0.1) is 6.92 Å². The van der Waals surface area contributed by atoms with Crippen molar-refractivity contribution in [3.63, 3.8) is 0 Å². The maximum Gasteiger partial charge on any atom is 0.176 e. The number of hydrogen-bond donors (Lipinski definition) is 0. The van der Waals surface area contributed by atoms with Crippen LogP contribution >= 0.6 is 0 Å². The van der Waals surface area contributed by atoms with E-state index in [2.05, 4.69) is 0 Å². The molecule has 4 nitrogen and oxygen atoms in total. The Hall–Kier alpha value is -2.07. The summed E-state index contributed by atoms with van der Waals surface area (Å²) >= 11 is 0. The molecule has 2 aromatic rings. The van der Waals surface area contributed by atoms with E-state index in [9.17, 15) is 4.79 Å². The number of ether oxygens (including phenoxy) is 1. The number of carbonyl (C=O) groups excluding carboxylic acids is 1. The van der Waals surface area contributed by atoms with Crippen LogP contribution in [0.2, 0.25) is 0 Å². The number of carbonyl (C=O) groups is 1. The van der Waals surface area contributed by atoms with Gasteiger partial charge in [-0.2, -0.15) is 0 Å². The smallest absolute Gasteiger partial charge is 0.176 e. The Morgan fingerprint density at radius 1 is 1.19 bits per heavy atom. The van der Waals surface area contributed by atoms with E-state index in [4.69, 9.17) is 9.15 Å². The summed E-state index contributed by atoms with van der Waals surface area (Å²) in [5.74, 6) is 2.63. The molecule has 0 aliphatic rings. The first kappa shape index (κ1) is 15.3. The second-order valence-electron chi connectivity index (χ2n) is 5.07. The maximum absolute atomic E-state index is 12.2. The molecule has 0 amide bonds. The van der Waals surface area contributed by atoms with Crippen molar-refractivity contribution >= 4 is 5.78 Å². The lowest BCUT2D eigenvalue weighted by molar-refractivity contribution is 0.0939. The van der Waals surface area contributed by atoms with Gasteiger partial charge >= 0.3 is 0 Å². The average Bonchev–Trinajstić information content (AvgIpc) is 2.85. The molecule has 1 aromatic carbocycles. The van der Waals surface area contributed by atoms with E-state index in [1.165, 1.54) is 0 Å². The number of Topliss-reactive ketones (excluding diaryl/α,β-unsaturated/α-hetero) is 1. The summed E-state index contributed by atoms with van der Waals surface area (Å²) in [6.07, 6.45) is 0. The lowest BCUT2D eigenvalue weighted by Gasteiger charge is -2.14. The second-order valence-corrected chi connectivity index (χ2v) is 5.07. The topological polar surface area (TPSA) is 42.7 Å². The van der Waals surface area contributed by atoms with Crippen molar-refractivity contribution in [2.24, 2.45) is 0 Å². The molecular weight excluding hydrogens is 266 g/mol. The molecule has 21 heavy (non-hydrogen) atoms. The molecule has 0 radical (unpaired) electrons. The molecule has 0 saturated heterocycles. The summed E-state index contributed by atoms with van der Waals surface area (Å²) in [6, 6.07) is 11.1. The third-order valence-electron chi connectivity index (χ3n) is 3.12. The first-order chi connectivity index (χ1) is 10.1. The van der Waals surface area contributed by atoms with E-state index in [1.807, 2.05) is 50.1 Å². The van der Waals surface area contributed by atoms with Crippen LogP contribution in [0.25, 0.3) is 0 Å². The highest BCUT2D eigenvalue weighted by Crippen LogP contribution is 2.13. The molecule has 112 valence electrons. The fourth-order valence-corrected chi connectivity index (χ4v) is 2.13. The Morgan fingerprint density at radius 2 is 1.90 bits per heavy atom. The van der Waals surface area contributed by atoms with Gasteiger partial charge in [0.05, 0.1) is 19.7 Å². The van der Waals surface area contributed by atoms with Gasteiger partial charge in [0.25, 0.3) is 0 Å². The SMILES string of the molecule is CCOc1ccc(C(=O)CN(C)Cc2ccc(C)o2)cc1. The lowest BCUT2D eigenvalue weighted by atomic mass is 10.1. The molecule has 0 aliphatic carbocycles. The third-order valence-corrected chi connectivity index (χ3v) is 3.12. The third kappa shape index (κ3) is 4.46.